The SMILES string of the molecule is CC(=O)N(CCOC(=O)Nc1ccc(Br)cn1)NCc1ccccc1Cl. The van der Waals surface area contributed by atoms with Crippen molar-refractivity contribution in [3.63, 3.8) is 0 Å². The summed E-state index contributed by atoms with van der Waals surface area (Å²) in [4.78, 5) is 27.5. The van der Waals surface area contributed by atoms with Crippen LogP contribution in [0.5, 0.6) is 0 Å². The van der Waals surface area contributed by atoms with E-state index in [0.29, 0.717) is 17.4 Å². The van der Waals surface area contributed by atoms with E-state index in [1.165, 1.54) is 11.9 Å². The summed E-state index contributed by atoms with van der Waals surface area (Å²) in [5.74, 6) is 0.175. The molecular formula is C17H18BrClN4O3. The van der Waals surface area contributed by atoms with Crippen LogP contribution in [0.15, 0.2) is 47.1 Å². The molecule has 0 aliphatic rings. The lowest BCUT2D eigenvalue weighted by molar-refractivity contribution is -0.132. The minimum atomic E-state index is -0.644. The van der Waals surface area contributed by atoms with Crippen LogP contribution < -0.4 is 10.7 Å². The maximum atomic E-state index is 11.7. The molecular weight excluding hydrogens is 424 g/mol. The van der Waals surface area contributed by atoms with E-state index in [4.69, 9.17) is 16.3 Å². The Balaban J connectivity index is 1.77. The number of ether oxygens (including phenoxy) is 1. The molecule has 26 heavy (non-hydrogen) atoms. The third kappa shape index (κ3) is 6.62. The highest BCUT2D eigenvalue weighted by Gasteiger charge is 2.11. The Kier molecular flexibility index (Phi) is 7.83. The molecule has 138 valence electrons. The number of nitrogens with zero attached hydrogens (tertiary/aromatic N) is 2. The van der Waals surface area contributed by atoms with Crippen LogP contribution in [-0.2, 0) is 16.1 Å². The first kappa shape index (κ1) is 20.2. The van der Waals surface area contributed by atoms with Gasteiger partial charge in [-0.2, -0.15) is 0 Å². The first-order valence-corrected chi connectivity index (χ1v) is 8.93. The number of hydrogen-bond donors (Lipinski definition) is 2. The summed E-state index contributed by atoms with van der Waals surface area (Å²) in [6, 6.07) is 10.7. The maximum Gasteiger partial charge on any atom is 0.412 e. The van der Waals surface area contributed by atoms with Crippen LogP contribution >= 0.6 is 27.5 Å². The van der Waals surface area contributed by atoms with E-state index < -0.39 is 6.09 Å². The molecule has 0 aliphatic heterocycles. The Labute approximate surface area is 164 Å². The number of amides is 2. The van der Waals surface area contributed by atoms with Crippen molar-refractivity contribution in [3.8, 4) is 0 Å². The first-order valence-electron chi connectivity index (χ1n) is 7.76. The highest BCUT2D eigenvalue weighted by molar-refractivity contribution is 9.10. The largest absolute Gasteiger partial charge is 0.447 e. The van der Waals surface area contributed by atoms with Crippen molar-refractivity contribution in [2.45, 2.75) is 13.5 Å². The van der Waals surface area contributed by atoms with E-state index in [-0.39, 0.29) is 19.1 Å². The van der Waals surface area contributed by atoms with Crippen molar-refractivity contribution in [2.24, 2.45) is 0 Å². The number of halogens is 2. The molecule has 0 spiro atoms. The molecule has 0 fully saturated rings. The number of nitrogens with one attached hydrogen (secondary N) is 2. The topological polar surface area (TPSA) is 83.6 Å². The Morgan fingerprint density at radius 2 is 2.04 bits per heavy atom. The van der Waals surface area contributed by atoms with Gasteiger partial charge in [0, 0.05) is 29.2 Å². The number of carbonyl (C=O) groups excluding carboxylic acids is 2. The molecule has 9 heteroatoms. The lowest BCUT2D eigenvalue weighted by Crippen LogP contribution is -2.43. The van der Waals surface area contributed by atoms with E-state index in [1.807, 2.05) is 18.2 Å². The van der Waals surface area contributed by atoms with Crippen LogP contribution in [0.2, 0.25) is 5.02 Å². The summed E-state index contributed by atoms with van der Waals surface area (Å²) in [6.45, 7) is 2.03. The summed E-state index contributed by atoms with van der Waals surface area (Å²) in [5.41, 5.74) is 3.84. The normalized spacial score (nSPS) is 10.3. The van der Waals surface area contributed by atoms with Gasteiger partial charge in [-0.25, -0.2) is 15.2 Å². The zero-order valence-electron chi connectivity index (χ0n) is 14.0. The van der Waals surface area contributed by atoms with Crippen LogP contribution in [0.25, 0.3) is 0 Å². The number of pyridine rings is 1. The summed E-state index contributed by atoms with van der Waals surface area (Å²) in [7, 11) is 0. The zero-order valence-corrected chi connectivity index (χ0v) is 16.4. The van der Waals surface area contributed by atoms with Gasteiger partial charge in [-0.1, -0.05) is 29.8 Å². The summed E-state index contributed by atoms with van der Waals surface area (Å²) >= 11 is 9.35. The number of rotatable bonds is 7. The average molecular weight is 442 g/mol. The number of hydrazine groups is 1. The van der Waals surface area contributed by atoms with Crippen LogP contribution in [0.1, 0.15) is 12.5 Å². The fraction of sp³-hybridized carbons (Fsp3) is 0.235. The van der Waals surface area contributed by atoms with Gasteiger partial charge < -0.3 is 4.74 Å². The summed E-state index contributed by atoms with van der Waals surface area (Å²) in [5, 5.41) is 4.48. The molecule has 0 bridgehead atoms. The van der Waals surface area contributed by atoms with Gasteiger partial charge in [-0.05, 0) is 39.7 Å². The van der Waals surface area contributed by atoms with Crippen molar-refractivity contribution in [1.29, 1.82) is 0 Å². The quantitative estimate of drug-likeness (QED) is 0.642. The molecule has 0 saturated carbocycles. The number of aromatic nitrogens is 1. The zero-order chi connectivity index (χ0) is 18.9. The van der Waals surface area contributed by atoms with E-state index in [2.05, 4.69) is 31.7 Å². The monoisotopic (exact) mass is 440 g/mol. The summed E-state index contributed by atoms with van der Waals surface area (Å²) in [6.07, 6.45) is 0.917. The van der Waals surface area contributed by atoms with Crippen LogP contribution in [0.4, 0.5) is 10.6 Å². The Morgan fingerprint density at radius 3 is 2.69 bits per heavy atom. The van der Waals surface area contributed by atoms with Gasteiger partial charge in [0.15, 0.2) is 0 Å². The Bertz CT molecular complexity index is 758. The van der Waals surface area contributed by atoms with Gasteiger partial charge >= 0.3 is 6.09 Å². The lowest BCUT2D eigenvalue weighted by atomic mass is 10.2. The van der Waals surface area contributed by atoms with Gasteiger partial charge in [0.05, 0.1) is 6.54 Å². The highest BCUT2D eigenvalue weighted by atomic mass is 79.9. The fourth-order valence-corrected chi connectivity index (χ4v) is 2.43. The minimum absolute atomic E-state index is 0.0253. The van der Waals surface area contributed by atoms with E-state index in [0.717, 1.165) is 10.0 Å². The van der Waals surface area contributed by atoms with Gasteiger partial charge in [0.25, 0.3) is 0 Å². The number of hydrogen-bond acceptors (Lipinski definition) is 5. The van der Waals surface area contributed by atoms with Crippen molar-refractivity contribution in [2.75, 3.05) is 18.5 Å². The van der Waals surface area contributed by atoms with Crippen LogP contribution in [0, 0.1) is 0 Å². The van der Waals surface area contributed by atoms with Crippen LogP contribution in [-0.4, -0.2) is 35.1 Å². The molecule has 0 aliphatic carbocycles. The predicted molar refractivity (Wildman–Crippen MR) is 103 cm³/mol. The second kappa shape index (κ2) is 10.1. The van der Waals surface area contributed by atoms with Gasteiger partial charge in [0.2, 0.25) is 5.91 Å². The van der Waals surface area contributed by atoms with Gasteiger partial charge in [0.1, 0.15) is 12.4 Å². The van der Waals surface area contributed by atoms with Crippen molar-refractivity contribution < 1.29 is 14.3 Å². The number of anilines is 1. The molecule has 1 aromatic carbocycles. The predicted octanol–water partition coefficient (Wildman–Crippen LogP) is 3.60. The van der Waals surface area contributed by atoms with Crippen molar-refractivity contribution in [3.05, 3.63) is 57.7 Å². The highest BCUT2D eigenvalue weighted by Crippen LogP contribution is 2.14. The van der Waals surface area contributed by atoms with Crippen molar-refractivity contribution in [1.82, 2.24) is 15.4 Å². The van der Waals surface area contributed by atoms with E-state index >= 15 is 0 Å². The number of carbonyl (C=O) groups is 2. The van der Waals surface area contributed by atoms with E-state index in [1.54, 1.807) is 24.4 Å². The number of benzene rings is 1. The molecule has 2 amide bonds. The molecule has 1 aromatic heterocycles. The molecule has 2 aromatic rings. The molecule has 0 saturated heterocycles. The van der Waals surface area contributed by atoms with Gasteiger partial charge in [-0.3, -0.25) is 15.1 Å². The molecule has 0 atom stereocenters. The van der Waals surface area contributed by atoms with Gasteiger partial charge in [-0.15, -0.1) is 0 Å². The second-order valence-corrected chi connectivity index (χ2v) is 6.54. The molecule has 2 rings (SSSR count). The standard InChI is InChI=1S/C17H18BrClN4O3/c1-12(24)23(21-10-13-4-2-3-5-15(13)19)8-9-26-17(25)22-16-7-6-14(18)11-20-16/h2-7,11,21H,8-10H2,1H3,(H,20,22,25). The van der Waals surface area contributed by atoms with E-state index in [9.17, 15) is 9.59 Å². The fourth-order valence-electron chi connectivity index (χ4n) is 1.99. The Hall–Kier alpha value is -2.16. The molecule has 2 N–H and O–H groups in total. The molecule has 0 unspecified atom stereocenters. The Morgan fingerprint density at radius 1 is 1.27 bits per heavy atom. The molecule has 1 heterocycles. The maximum absolute atomic E-state index is 11.7. The second-order valence-electron chi connectivity index (χ2n) is 5.22. The van der Waals surface area contributed by atoms with Crippen molar-refractivity contribution >= 4 is 45.3 Å². The molecule has 7 nitrogen and oxygen atoms in total. The average Bonchev–Trinajstić information content (AvgIpc) is 2.61. The molecule has 0 radical (unpaired) electrons. The third-order valence-corrected chi connectivity index (χ3v) is 4.14. The minimum Gasteiger partial charge on any atom is -0.447 e. The third-order valence-electron chi connectivity index (χ3n) is 3.30. The summed E-state index contributed by atoms with van der Waals surface area (Å²) < 4.78 is 5.87. The smallest absolute Gasteiger partial charge is 0.412 e. The first-order chi connectivity index (χ1) is 12.5. The van der Waals surface area contributed by atoms with Crippen LogP contribution in [0.3, 0.4) is 0 Å². The lowest BCUT2D eigenvalue weighted by Gasteiger charge is -2.22.